The van der Waals surface area contributed by atoms with Gasteiger partial charge in [0.1, 0.15) is 5.82 Å². The molecule has 1 unspecified atom stereocenters. The number of aromatic nitrogens is 1. The maximum absolute atomic E-state index is 12.7. The first-order valence-corrected chi connectivity index (χ1v) is 6.48. The van der Waals surface area contributed by atoms with Crippen molar-refractivity contribution in [1.82, 2.24) is 4.98 Å². The van der Waals surface area contributed by atoms with E-state index in [9.17, 15) is 18.3 Å². The maximum atomic E-state index is 12.7. The molecular weight excluding hydrogens is 273 g/mol. The van der Waals surface area contributed by atoms with Gasteiger partial charge >= 0.3 is 6.18 Å². The molecule has 20 heavy (non-hydrogen) atoms. The molecule has 1 aromatic rings. The minimum Gasteiger partial charge on any atom is -0.389 e. The molecule has 0 amide bonds. The molecule has 1 atom stereocenters. The van der Waals surface area contributed by atoms with Crippen LogP contribution in [-0.4, -0.2) is 36.0 Å². The number of hydrogen-bond acceptors (Lipinski definition) is 4. The standard InChI is InChI=1S/C13H17F3N2O2/c14-13(15,16)11-2-1-5-17-12(11)18-6-10(19)8-20-7-9-3-4-9/h1-2,5,9-10,19H,3-4,6-8H2,(H,17,18). The van der Waals surface area contributed by atoms with Crippen molar-refractivity contribution in [3.05, 3.63) is 23.9 Å². The molecule has 4 nitrogen and oxygen atoms in total. The number of halogens is 3. The van der Waals surface area contributed by atoms with Gasteiger partial charge in [0.05, 0.1) is 18.3 Å². The first-order valence-electron chi connectivity index (χ1n) is 6.48. The molecule has 2 rings (SSSR count). The van der Waals surface area contributed by atoms with Crippen LogP contribution in [0.15, 0.2) is 18.3 Å². The number of hydrogen-bond donors (Lipinski definition) is 2. The first-order chi connectivity index (χ1) is 9.47. The number of ether oxygens (including phenoxy) is 1. The average molecular weight is 290 g/mol. The predicted molar refractivity (Wildman–Crippen MR) is 67.3 cm³/mol. The lowest BCUT2D eigenvalue weighted by Gasteiger charge is -2.16. The summed E-state index contributed by atoms with van der Waals surface area (Å²) in [4.78, 5) is 3.65. The molecule has 1 aliphatic rings. The number of nitrogens with zero attached hydrogens (tertiary/aromatic N) is 1. The summed E-state index contributed by atoms with van der Waals surface area (Å²) in [5.41, 5.74) is -0.842. The summed E-state index contributed by atoms with van der Waals surface area (Å²) >= 11 is 0. The Kier molecular flexibility index (Phi) is 4.82. The number of alkyl halides is 3. The smallest absolute Gasteiger partial charge is 0.389 e. The van der Waals surface area contributed by atoms with Crippen LogP contribution in [0.2, 0.25) is 0 Å². The van der Waals surface area contributed by atoms with E-state index in [0.29, 0.717) is 12.5 Å². The molecule has 0 aliphatic heterocycles. The van der Waals surface area contributed by atoms with Crippen molar-refractivity contribution in [3.8, 4) is 0 Å². The molecule has 0 radical (unpaired) electrons. The van der Waals surface area contributed by atoms with Crippen LogP contribution in [0, 0.1) is 5.92 Å². The normalized spacial score (nSPS) is 17.0. The van der Waals surface area contributed by atoms with E-state index >= 15 is 0 Å². The van der Waals surface area contributed by atoms with Crippen molar-refractivity contribution in [2.75, 3.05) is 25.1 Å². The monoisotopic (exact) mass is 290 g/mol. The second-order valence-electron chi connectivity index (χ2n) is 4.91. The van der Waals surface area contributed by atoms with Crippen molar-refractivity contribution in [2.45, 2.75) is 25.1 Å². The molecule has 0 aromatic carbocycles. The van der Waals surface area contributed by atoms with E-state index in [2.05, 4.69) is 10.3 Å². The van der Waals surface area contributed by atoms with E-state index in [1.54, 1.807) is 0 Å². The fourth-order valence-electron chi connectivity index (χ4n) is 1.70. The van der Waals surface area contributed by atoms with Gasteiger partial charge in [0, 0.05) is 19.3 Å². The summed E-state index contributed by atoms with van der Waals surface area (Å²) in [5.74, 6) is 0.309. The van der Waals surface area contributed by atoms with E-state index in [4.69, 9.17) is 4.74 Å². The fraction of sp³-hybridized carbons (Fsp3) is 0.615. The van der Waals surface area contributed by atoms with Crippen LogP contribution < -0.4 is 5.32 Å². The fourth-order valence-corrected chi connectivity index (χ4v) is 1.70. The van der Waals surface area contributed by atoms with Crippen molar-refractivity contribution >= 4 is 5.82 Å². The number of aliphatic hydroxyl groups is 1. The zero-order valence-electron chi connectivity index (χ0n) is 10.9. The second kappa shape index (κ2) is 6.41. The van der Waals surface area contributed by atoms with Crippen LogP contribution >= 0.6 is 0 Å². The first kappa shape index (κ1) is 15.1. The van der Waals surface area contributed by atoms with Gasteiger partial charge in [-0.15, -0.1) is 0 Å². The van der Waals surface area contributed by atoms with Gasteiger partial charge in [0.15, 0.2) is 0 Å². The Morgan fingerprint density at radius 3 is 2.85 bits per heavy atom. The lowest BCUT2D eigenvalue weighted by atomic mass is 10.2. The number of rotatable bonds is 7. The second-order valence-corrected chi connectivity index (χ2v) is 4.91. The molecule has 0 bridgehead atoms. The van der Waals surface area contributed by atoms with Crippen LogP contribution in [0.5, 0.6) is 0 Å². The van der Waals surface area contributed by atoms with Gasteiger partial charge < -0.3 is 15.2 Å². The van der Waals surface area contributed by atoms with Crippen molar-refractivity contribution in [3.63, 3.8) is 0 Å². The predicted octanol–water partition coefficient (Wildman–Crippen LogP) is 2.30. The van der Waals surface area contributed by atoms with E-state index in [0.717, 1.165) is 18.9 Å². The number of pyridine rings is 1. The summed E-state index contributed by atoms with van der Waals surface area (Å²) in [6.07, 6.45) is -1.76. The lowest BCUT2D eigenvalue weighted by molar-refractivity contribution is -0.137. The molecule has 1 aromatic heterocycles. The topological polar surface area (TPSA) is 54.4 Å². The van der Waals surface area contributed by atoms with Gasteiger partial charge in [0.2, 0.25) is 0 Å². The van der Waals surface area contributed by atoms with E-state index in [1.807, 2.05) is 0 Å². The Balaban J connectivity index is 1.80. The Morgan fingerprint density at radius 1 is 1.45 bits per heavy atom. The van der Waals surface area contributed by atoms with Crippen molar-refractivity contribution < 1.29 is 23.0 Å². The summed E-state index contributed by atoms with van der Waals surface area (Å²) in [6.45, 7) is 0.677. The van der Waals surface area contributed by atoms with E-state index in [-0.39, 0.29) is 19.0 Å². The molecule has 1 heterocycles. The molecule has 1 saturated carbocycles. The largest absolute Gasteiger partial charge is 0.419 e. The van der Waals surface area contributed by atoms with Crippen LogP contribution in [0.4, 0.5) is 19.0 Å². The van der Waals surface area contributed by atoms with Gasteiger partial charge in [-0.25, -0.2) is 4.98 Å². The zero-order chi connectivity index (χ0) is 14.6. The van der Waals surface area contributed by atoms with E-state index in [1.165, 1.54) is 12.3 Å². The highest BCUT2D eigenvalue weighted by Crippen LogP contribution is 2.33. The molecule has 0 saturated heterocycles. The number of nitrogens with one attached hydrogen (secondary N) is 1. The van der Waals surface area contributed by atoms with Gasteiger partial charge in [0.25, 0.3) is 0 Å². The Labute approximate surface area is 115 Å². The molecule has 1 aliphatic carbocycles. The average Bonchev–Trinajstić information content (AvgIpc) is 3.20. The van der Waals surface area contributed by atoms with Crippen LogP contribution in [0.3, 0.4) is 0 Å². The molecule has 2 N–H and O–H groups in total. The molecule has 1 fully saturated rings. The highest BCUT2D eigenvalue weighted by atomic mass is 19.4. The van der Waals surface area contributed by atoms with Gasteiger partial charge in [-0.2, -0.15) is 13.2 Å². The summed E-state index contributed by atoms with van der Waals surface area (Å²) < 4.78 is 43.4. The van der Waals surface area contributed by atoms with Crippen molar-refractivity contribution in [1.29, 1.82) is 0 Å². The lowest BCUT2D eigenvalue weighted by Crippen LogP contribution is -2.26. The molecule has 112 valence electrons. The maximum Gasteiger partial charge on any atom is 0.419 e. The third-order valence-corrected chi connectivity index (χ3v) is 2.98. The number of aliphatic hydroxyl groups excluding tert-OH is 1. The van der Waals surface area contributed by atoms with Crippen molar-refractivity contribution in [2.24, 2.45) is 5.92 Å². The van der Waals surface area contributed by atoms with Gasteiger partial charge in [-0.1, -0.05) is 0 Å². The molecular formula is C13H17F3N2O2. The Morgan fingerprint density at radius 2 is 2.20 bits per heavy atom. The minimum absolute atomic E-state index is 0.0369. The number of anilines is 1. The highest BCUT2D eigenvalue weighted by Gasteiger charge is 2.34. The summed E-state index contributed by atoms with van der Waals surface area (Å²) in [6, 6.07) is 2.18. The highest BCUT2D eigenvalue weighted by molar-refractivity contribution is 5.45. The third-order valence-electron chi connectivity index (χ3n) is 2.98. The minimum atomic E-state index is -4.47. The van der Waals surface area contributed by atoms with Gasteiger partial charge in [-0.3, -0.25) is 0 Å². The van der Waals surface area contributed by atoms with Crippen LogP contribution in [-0.2, 0) is 10.9 Å². The van der Waals surface area contributed by atoms with Gasteiger partial charge in [-0.05, 0) is 30.9 Å². The summed E-state index contributed by atoms with van der Waals surface area (Å²) in [7, 11) is 0. The molecule has 0 spiro atoms. The quantitative estimate of drug-likeness (QED) is 0.809. The summed E-state index contributed by atoms with van der Waals surface area (Å²) in [5, 5.41) is 12.2. The van der Waals surface area contributed by atoms with Crippen LogP contribution in [0.1, 0.15) is 18.4 Å². The third kappa shape index (κ3) is 4.64. The Hall–Kier alpha value is -1.34. The zero-order valence-corrected chi connectivity index (χ0v) is 10.9. The Bertz CT molecular complexity index is 436. The van der Waals surface area contributed by atoms with Crippen LogP contribution in [0.25, 0.3) is 0 Å². The SMILES string of the molecule is OC(CNc1ncccc1C(F)(F)F)COCC1CC1. The van der Waals surface area contributed by atoms with E-state index < -0.39 is 17.8 Å². The molecule has 7 heteroatoms.